The fourth-order valence-corrected chi connectivity index (χ4v) is 2.15. The van der Waals surface area contributed by atoms with E-state index in [1.807, 2.05) is 13.0 Å². The quantitative estimate of drug-likeness (QED) is 0.845. The third-order valence-electron chi connectivity index (χ3n) is 3.41. The van der Waals surface area contributed by atoms with Crippen molar-refractivity contribution in [2.45, 2.75) is 19.8 Å². The smallest absolute Gasteiger partial charge is 0.314 e. The minimum Gasteiger partial charge on any atom is -0.338 e. The third-order valence-corrected chi connectivity index (χ3v) is 3.41. The average Bonchev–Trinajstić information content (AvgIpc) is 2.49. The Kier molecular flexibility index (Phi) is 5.95. The molecule has 3 nitrogen and oxygen atoms in total. The Balaban J connectivity index is 1.62. The van der Waals surface area contributed by atoms with Crippen molar-refractivity contribution in [3.63, 3.8) is 0 Å². The van der Waals surface area contributed by atoms with E-state index in [0.717, 1.165) is 12.0 Å². The van der Waals surface area contributed by atoms with Gasteiger partial charge in [0.15, 0.2) is 0 Å². The molecule has 4 heteroatoms. The molecule has 0 saturated heterocycles. The van der Waals surface area contributed by atoms with E-state index in [1.165, 1.54) is 23.3 Å². The van der Waals surface area contributed by atoms with Gasteiger partial charge in [-0.1, -0.05) is 42.0 Å². The second-order valence-corrected chi connectivity index (χ2v) is 5.30. The van der Waals surface area contributed by atoms with Crippen molar-refractivity contribution in [2.24, 2.45) is 0 Å². The van der Waals surface area contributed by atoms with Crippen LogP contribution in [0.1, 0.15) is 16.7 Å². The molecule has 2 aromatic carbocycles. The molecule has 0 spiro atoms. The number of hydrogen-bond donors (Lipinski definition) is 2. The molecule has 2 rings (SSSR count). The Bertz CT molecular complexity index is 611. The lowest BCUT2D eigenvalue weighted by Crippen LogP contribution is -2.37. The topological polar surface area (TPSA) is 41.1 Å². The summed E-state index contributed by atoms with van der Waals surface area (Å²) in [5.41, 5.74) is 3.30. The van der Waals surface area contributed by atoms with Crippen LogP contribution in [0.2, 0.25) is 0 Å². The predicted molar refractivity (Wildman–Crippen MR) is 86.4 cm³/mol. The number of benzene rings is 2. The number of rotatable bonds is 6. The summed E-state index contributed by atoms with van der Waals surface area (Å²) in [7, 11) is 0. The first-order valence-corrected chi connectivity index (χ1v) is 7.45. The molecule has 0 fully saturated rings. The summed E-state index contributed by atoms with van der Waals surface area (Å²) < 4.78 is 13.0. The summed E-state index contributed by atoms with van der Waals surface area (Å²) >= 11 is 0. The van der Waals surface area contributed by atoms with E-state index in [2.05, 4.69) is 34.9 Å². The number of carbonyl (C=O) groups is 1. The van der Waals surface area contributed by atoms with E-state index in [9.17, 15) is 9.18 Å². The van der Waals surface area contributed by atoms with Crippen LogP contribution in [0.15, 0.2) is 48.5 Å². The Hall–Kier alpha value is -2.36. The Morgan fingerprint density at radius 2 is 1.59 bits per heavy atom. The number of aryl methyl sites for hydroxylation is 1. The monoisotopic (exact) mass is 300 g/mol. The predicted octanol–water partition coefficient (Wildman–Crippen LogP) is 3.22. The zero-order chi connectivity index (χ0) is 15.8. The maximum absolute atomic E-state index is 13.0. The normalized spacial score (nSPS) is 10.3. The van der Waals surface area contributed by atoms with E-state index >= 15 is 0 Å². The fourth-order valence-electron chi connectivity index (χ4n) is 2.15. The number of nitrogens with one attached hydrogen (secondary N) is 2. The average molecular weight is 300 g/mol. The maximum atomic E-state index is 13.0. The molecule has 0 bridgehead atoms. The highest BCUT2D eigenvalue weighted by Crippen LogP contribution is 2.04. The van der Waals surface area contributed by atoms with Gasteiger partial charge in [0.2, 0.25) is 0 Å². The lowest BCUT2D eigenvalue weighted by atomic mass is 10.1. The summed E-state index contributed by atoms with van der Waals surface area (Å²) in [4.78, 5) is 11.6. The number of halogens is 1. The van der Waals surface area contributed by atoms with Gasteiger partial charge in [0.05, 0.1) is 0 Å². The first-order chi connectivity index (χ1) is 10.6. The molecule has 0 saturated carbocycles. The molecule has 0 unspecified atom stereocenters. The molecular formula is C18H21FN2O. The Morgan fingerprint density at radius 3 is 2.23 bits per heavy atom. The number of carbonyl (C=O) groups excluding carboxylic acids is 1. The van der Waals surface area contributed by atoms with Crippen molar-refractivity contribution < 1.29 is 9.18 Å². The molecule has 0 aliphatic carbocycles. The summed E-state index contributed by atoms with van der Waals surface area (Å²) in [6.07, 6.45) is 1.42. The molecular weight excluding hydrogens is 279 g/mol. The molecule has 0 aliphatic heterocycles. The first kappa shape index (κ1) is 16.0. The van der Waals surface area contributed by atoms with Gasteiger partial charge in [-0.05, 0) is 43.0 Å². The maximum Gasteiger partial charge on any atom is 0.314 e. The second kappa shape index (κ2) is 8.17. The van der Waals surface area contributed by atoms with Gasteiger partial charge in [-0.2, -0.15) is 0 Å². The minimum absolute atomic E-state index is 0.191. The molecule has 0 aliphatic rings. The lowest BCUT2D eigenvalue weighted by molar-refractivity contribution is 0.241. The van der Waals surface area contributed by atoms with Crippen LogP contribution in [-0.4, -0.2) is 19.1 Å². The van der Waals surface area contributed by atoms with Gasteiger partial charge in [-0.15, -0.1) is 0 Å². The molecule has 0 aromatic heterocycles. The van der Waals surface area contributed by atoms with E-state index in [0.29, 0.717) is 19.5 Å². The third kappa shape index (κ3) is 5.56. The molecule has 2 amide bonds. The van der Waals surface area contributed by atoms with Crippen molar-refractivity contribution in [2.75, 3.05) is 13.1 Å². The number of hydrogen-bond acceptors (Lipinski definition) is 1. The van der Waals surface area contributed by atoms with Crippen LogP contribution in [0.25, 0.3) is 0 Å². The zero-order valence-electron chi connectivity index (χ0n) is 12.7. The van der Waals surface area contributed by atoms with Gasteiger partial charge >= 0.3 is 6.03 Å². The summed E-state index contributed by atoms with van der Waals surface area (Å²) in [6, 6.07) is 14.5. The van der Waals surface area contributed by atoms with E-state index in [1.54, 1.807) is 6.07 Å². The van der Waals surface area contributed by atoms with E-state index < -0.39 is 0 Å². The Labute approximate surface area is 130 Å². The van der Waals surface area contributed by atoms with Crippen molar-refractivity contribution in [3.05, 3.63) is 71.0 Å². The largest absolute Gasteiger partial charge is 0.338 e. The van der Waals surface area contributed by atoms with Crippen molar-refractivity contribution in [3.8, 4) is 0 Å². The lowest BCUT2D eigenvalue weighted by Gasteiger charge is -2.08. The van der Waals surface area contributed by atoms with E-state index in [-0.39, 0.29) is 11.8 Å². The SMILES string of the molecule is Cc1ccc(CCNC(=O)NCCc2cccc(F)c2)cc1. The first-order valence-electron chi connectivity index (χ1n) is 7.45. The molecule has 22 heavy (non-hydrogen) atoms. The van der Waals surface area contributed by atoms with E-state index in [4.69, 9.17) is 0 Å². The molecule has 2 N–H and O–H groups in total. The van der Waals surface area contributed by atoms with Crippen LogP contribution in [0.3, 0.4) is 0 Å². The van der Waals surface area contributed by atoms with Crippen LogP contribution in [-0.2, 0) is 12.8 Å². The van der Waals surface area contributed by atoms with Gasteiger partial charge in [0.1, 0.15) is 5.82 Å². The van der Waals surface area contributed by atoms with Crippen molar-refractivity contribution in [1.82, 2.24) is 10.6 Å². The van der Waals surface area contributed by atoms with Crippen molar-refractivity contribution >= 4 is 6.03 Å². The van der Waals surface area contributed by atoms with Gasteiger partial charge in [-0.3, -0.25) is 0 Å². The summed E-state index contributed by atoms with van der Waals surface area (Å²) in [5, 5.41) is 5.59. The second-order valence-electron chi connectivity index (χ2n) is 5.30. The Morgan fingerprint density at radius 1 is 0.955 bits per heavy atom. The molecule has 2 aromatic rings. The summed E-state index contributed by atoms with van der Waals surface area (Å²) in [6.45, 7) is 3.13. The van der Waals surface area contributed by atoms with Gasteiger partial charge in [0, 0.05) is 13.1 Å². The fraction of sp³-hybridized carbons (Fsp3) is 0.278. The van der Waals surface area contributed by atoms with Crippen LogP contribution in [0.5, 0.6) is 0 Å². The van der Waals surface area contributed by atoms with Gasteiger partial charge in [0.25, 0.3) is 0 Å². The summed E-state index contributed by atoms with van der Waals surface area (Å²) in [5.74, 6) is -0.250. The van der Waals surface area contributed by atoms with Crippen LogP contribution in [0.4, 0.5) is 9.18 Å². The molecule has 0 heterocycles. The van der Waals surface area contributed by atoms with Crippen LogP contribution < -0.4 is 10.6 Å². The molecule has 116 valence electrons. The standard InChI is InChI=1S/C18H21FN2O/c1-14-5-7-15(8-6-14)9-11-20-18(22)21-12-10-16-3-2-4-17(19)13-16/h2-8,13H,9-12H2,1H3,(H2,20,21,22). The van der Waals surface area contributed by atoms with Gasteiger partial charge in [-0.25, -0.2) is 9.18 Å². The van der Waals surface area contributed by atoms with Crippen LogP contribution >= 0.6 is 0 Å². The molecule has 0 atom stereocenters. The zero-order valence-corrected chi connectivity index (χ0v) is 12.7. The minimum atomic E-state index is -0.250. The highest BCUT2D eigenvalue weighted by atomic mass is 19.1. The highest BCUT2D eigenvalue weighted by Gasteiger charge is 2.01. The number of amides is 2. The van der Waals surface area contributed by atoms with Crippen molar-refractivity contribution in [1.29, 1.82) is 0 Å². The van der Waals surface area contributed by atoms with Gasteiger partial charge < -0.3 is 10.6 Å². The molecule has 0 radical (unpaired) electrons. The van der Waals surface area contributed by atoms with Crippen LogP contribution in [0, 0.1) is 12.7 Å². The highest BCUT2D eigenvalue weighted by molar-refractivity contribution is 5.73. The number of urea groups is 1.